The number of aromatic nitrogens is 3. The van der Waals surface area contributed by atoms with E-state index >= 15 is 0 Å². The van der Waals surface area contributed by atoms with E-state index in [0.717, 1.165) is 10.1 Å². The molecule has 12 heteroatoms. The Labute approximate surface area is 249 Å². The lowest BCUT2D eigenvalue weighted by Crippen LogP contribution is -2.40. The maximum atomic E-state index is 14.3. The number of aromatic carboxylic acids is 1. The molecule has 6 rings (SSSR count). The van der Waals surface area contributed by atoms with Gasteiger partial charge in [0, 0.05) is 18.8 Å². The second kappa shape index (κ2) is 12.0. The first-order valence-electron chi connectivity index (χ1n) is 13.8. The van der Waals surface area contributed by atoms with Crippen LogP contribution in [0.3, 0.4) is 0 Å². The molecule has 1 aliphatic rings. The fourth-order valence-electron chi connectivity index (χ4n) is 5.41. The van der Waals surface area contributed by atoms with Crippen LogP contribution in [0.15, 0.2) is 75.0 Å². The number of carbonyl (C=O) groups is 1. The number of ether oxygens (including phenoxy) is 3. The van der Waals surface area contributed by atoms with Crippen LogP contribution in [0.5, 0.6) is 5.75 Å². The number of methoxy groups -OCH3 is 1. The predicted molar refractivity (Wildman–Crippen MR) is 160 cm³/mol. The van der Waals surface area contributed by atoms with Crippen LogP contribution in [0.4, 0.5) is 0 Å². The van der Waals surface area contributed by atoms with Crippen molar-refractivity contribution in [2.75, 3.05) is 20.3 Å². The molecule has 1 unspecified atom stereocenters. The topological polar surface area (TPSA) is 135 Å². The second-order valence-electron chi connectivity index (χ2n) is 10.1. The van der Waals surface area contributed by atoms with Crippen molar-refractivity contribution in [3.8, 4) is 22.2 Å². The molecule has 5 aromatic rings. The van der Waals surface area contributed by atoms with E-state index in [1.807, 2.05) is 24.3 Å². The summed E-state index contributed by atoms with van der Waals surface area (Å²) in [7, 11) is 1.58. The zero-order chi connectivity index (χ0) is 30.1. The highest BCUT2D eigenvalue weighted by molar-refractivity contribution is 7.22. The molecule has 0 bridgehead atoms. The van der Waals surface area contributed by atoms with Gasteiger partial charge in [0.05, 0.1) is 47.5 Å². The first-order chi connectivity index (χ1) is 20.9. The highest BCUT2D eigenvalue weighted by Crippen LogP contribution is 2.37. The van der Waals surface area contributed by atoms with Gasteiger partial charge in [-0.05, 0) is 49.6 Å². The van der Waals surface area contributed by atoms with Crippen molar-refractivity contribution in [1.82, 2.24) is 14.1 Å². The van der Waals surface area contributed by atoms with Crippen LogP contribution in [0.2, 0.25) is 0 Å². The lowest BCUT2D eigenvalue weighted by atomic mass is 10.1. The average Bonchev–Trinajstić information content (AvgIpc) is 3.67. The molecule has 43 heavy (non-hydrogen) atoms. The number of rotatable bonds is 9. The number of benzene rings is 2. The predicted octanol–water partition coefficient (Wildman–Crippen LogP) is 4.82. The van der Waals surface area contributed by atoms with E-state index in [1.165, 1.54) is 46.6 Å². The van der Waals surface area contributed by atoms with Crippen LogP contribution < -0.4 is 16.0 Å². The molecule has 1 N–H and O–H groups in total. The number of para-hydroxylation sites is 1. The van der Waals surface area contributed by atoms with Crippen molar-refractivity contribution in [2.24, 2.45) is 0 Å². The molecule has 1 atom stereocenters. The van der Waals surface area contributed by atoms with E-state index in [9.17, 15) is 19.5 Å². The molecule has 0 amide bonds. The van der Waals surface area contributed by atoms with Gasteiger partial charge in [-0.2, -0.15) is 0 Å². The third-order valence-corrected chi connectivity index (χ3v) is 8.85. The zero-order valence-electron chi connectivity index (χ0n) is 23.5. The first-order valence-corrected chi connectivity index (χ1v) is 14.6. The standard InChI is InChI=1S/C31H29N3O8S/c1-18-25-28(35)34(20-7-5-6-19(16-20)30(36)37)31(38)33(29(25)43-26(18)27-32-12-15-41-27)17-24(42-21-10-13-40-14-11-21)22-8-3-4-9-23(22)39-2/h3-9,12,15-16,21,24H,10-11,13-14,17H2,1-2H3,(H,36,37). The third kappa shape index (κ3) is 5.40. The highest BCUT2D eigenvalue weighted by Gasteiger charge is 2.28. The number of thiophene rings is 1. The number of carboxylic acid groups (broad SMARTS) is 1. The summed E-state index contributed by atoms with van der Waals surface area (Å²) in [6, 6.07) is 13.2. The molecule has 0 saturated carbocycles. The van der Waals surface area contributed by atoms with Crippen molar-refractivity contribution in [3.05, 3.63) is 98.5 Å². The largest absolute Gasteiger partial charge is 0.496 e. The van der Waals surface area contributed by atoms with Gasteiger partial charge in [0.1, 0.15) is 22.9 Å². The van der Waals surface area contributed by atoms with Gasteiger partial charge >= 0.3 is 11.7 Å². The van der Waals surface area contributed by atoms with Crippen molar-refractivity contribution in [1.29, 1.82) is 0 Å². The minimum atomic E-state index is -1.17. The number of carboxylic acids is 1. The molecule has 0 aliphatic carbocycles. The van der Waals surface area contributed by atoms with Crippen LogP contribution in [0.25, 0.3) is 26.7 Å². The van der Waals surface area contributed by atoms with E-state index in [2.05, 4.69) is 4.98 Å². The number of nitrogens with zero attached hydrogens (tertiary/aromatic N) is 3. The fourth-order valence-corrected chi connectivity index (χ4v) is 6.65. The molecule has 1 saturated heterocycles. The first kappa shape index (κ1) is 28.6. The van der Waals surface area contributed by atoms with Crippen molar-refractivity contribution < 1.29 is 28.5 Å². The van der Waals surface area contributed by atoms with Gasteiger partial charge in [-0.1, -0.05) is 24.3 Å². The average molecular weight is 604 g/mol. The van der Waals surface area contributed by atoms with Gasteiger partial charge in [-0.25, -0.2) is 19.1 Å². The summed E-state index contributed by atoms with van der Waals surface area (Å²) in [6.07, 6.45) is 3.63. The van der Waals surface area contributed by atoms with E-state index in [0.29, 0.717) is 58.4 Å². The summed E-state index contributed by atoms with van der Waals surface area (Å²) in [5.41, 5.74) is 0.257. The fraction of sp³-hybridized carbons (Fsp3) is 0.290. The Morgan fingerprint density at radius 2 is 1.95 bits per heavy atom. The van der Waals surface area contributed by atoms with Crippen LogP contribution >= 0.6 is 11.3 Å². The molecular weight excluding hydrogens is 574 g/mol. The SMILES string of the molecule is COc1ccccc1C(Cn1c(=O)n(-c2cccc(C(=O)O)c2)c(=O)c2c(C)c(-c3ncco3)sc21)OC1CCOCC1. The second-order valence-corrected chi connectivity index (χ2v) is 11.1. The van der Waals surface area contributed by atoms with Crippen LogP contribution in [0, 0.1) is 6.92 Å². The van der Waals surface area contributed by atoms with Gasteiger partial charge in [-0.15, -0.1) is 11.3 Å². The molecule has 2 aromatic carbocycles. The van der Waals surface area contributed by atoms with Crippen LogP contribution in [0.1, 0.15) is 40.4 Å². The van der Waals surface area contributed by atoms with Gasteiger partial charge in [0.25, 0.3) is 5.56 Å². The number of hydrogen-bond acceptors (Lipinski definition) is 9. The summed E-state index contributed by atoms with van der Waals surface area (Å²) in [4.78, 5) is 45.5. The summed E-state index contributed by atoms with van der Waals surface area (Å²) < 4.78 is 25.9. The lowest BCUT2D eigenvalue weighted by Gasteiger charge is -2.29. The lowest BCUT2D eigenvalue weighted by molar-refractivity contribution is -0.0752. The Hall–Kier alpha value is -4.52. The van der Waals surface area contributed by atoms with Crippen LogP contribution in [-0.2, 0) is 16.0 Å². The normalized spacial score (nSPS) is 14.7. The minimum Gasteiger partial charge on any atom is -0.496 e. The molecule has 222 valence electrons. The monoisotopic (exact) mass is 603 g/mol. The van der Waals surface area contributed by atoms with Crippen molar-refractivity contribution >= 4 is 27.5 Å². The Morgan fingerprint density at radius 3 is 2.67 bits per heavy atom. The quantitative estimate of drug-likeness (QED) is 0.252. The summed E-state index contributed by atoms with van der Waals surface area (Å²) in [6.45, 7) is 2.98. The Bertz CT molecular complexity index is 1900. The molecule has 3 aromatic heterocycles. The summed E-state index contributed by atoms with van der Waals surface area (Å²) in [5, 5.41) is 9.91. The van der Waals surface area contributed by atoms with Crippen molar-refractivity contribution in [3.63, 3.8) is 0 Å². The molecule has 0 spiro atoms. The van der Waals surface area contributed by atoms with Crippen LogP contribution in [-0.4, -0.2) is 51.6 Å². The van der Waals surface area contributed by atoms with E-state index in [1.54, 1.807) is 20.1 Å². The molecule has 0 radical (unpaired) electrons. The van der Waals surface area contributed by atoms with Gasteiger partial charge in [-0.3, -0.25) is 9.36 Å². The smallest absolute Gasteiger partial charge is 0.336 e. The maximum absolute atomic E-state index is 14.3. The maximum Gasteiger partial charge on any atom is 0.336 e. The molecule has 11 nitrogen and oxygen atoms in total. The molecular formula is C31H29N3O8S. The minimum absolute atomic E-state index is 0.0484. The van der Waals surface area contributed by atoms with Crippen molar-refractivity contribution in [2.45, 2.75) is 38.5 Å². The number of hydrogen-bond donors (Lipinski definition) is 1. The van der Waals surface area contributed by atoms with E-state index in [4.69, 9.17) is 18.6 Å². The van der Waals surface area contributed by atoms with E-state index in [-0.39, 0.29) is 23.9 Å². The number of aryl methyl sites for hydroxylation is 1. The summed E-state index contributed by atoms with van der Waals surface area (Å²) >= 11 is 1.23. The van der Waals surface area contributed by atoms with Gasteiger partial charge in [0.2, 0.25) is 5.89 Å². The Morgan fingerprint density at radius 1 is 1.16 bits per heavy atom. The number of fused-ring (bicyclic) bond motifs is 1. The van der Waals surface area contributed by atoms with E-state index < -0.39 is 23.3 Å². The molecule has 1 aliphatic heterocycles. The highest BCUT2D eigenvalue weighted by atomic mass is 32.1. The van der Waals surface area contributed by atoms with Gasteiger partial charge in [0.15, 0.2) is 0 Å². The Balaban J connectivity index is 1.59. The Kier molecular flexibility index (Phi) is 7.98. The third-order valence-electron chi connectivity index (χ3n) is 7.55. The molecule has 4 heterocycles. The number of oxazole rings is 1. The summed E-state index contributed by atoms with van der Waals surface area (Å²) in [5.74, 6) is -0.235. The van der Waals surface area contributed by atoms with Gasteiger partial charge < -0.3 is 23.7 Å². The zero-order valence-corrected chi connectivity index (χ0v) is 24.3. The molecule has 1 fully saturated rings.